The fraction of sp³-hybridized carbons (Fsp3) is 0.235. The number of hydrogen-bond acceptors (Lipinski definition) is 2. The van der Waals surface area contributed by atoms with Gasteiger partial charge in [0.2, 0.25) is 5.91 Å². The maximum Gasteiger partial charge on any atom is 0.226 e. The quantitative estimate of drug-likeness (QED) is 0.859. The van der Waals surface area contributed by atoms with E-state index in [1.807, 2.05) is 50.2 Å². The van der Waals surface area contributed by atoms with Crippen LogP contribution in [0.3, 0.4) is 0 Å². The molecule has 0 fully saturated rings. The topological polar surface area (TPSA) is 41.1 Å². The highest BCUT2D eigenvalue weighted by Crippen LogP contribution is 2.19. The lowest BCUT2D eigenvalue weighted by atomic mass is 10.2. The standard InChI is InChI=1S/C17H19ClN2O/c1-12-5-3-4-6-15(12)19-10-9-17(21)20-16-8-7-14(18)11-13(16)2/h3-8,11,19H,9-10H2,1-2H3,(H,20,21). The van der Waals surface area contributed by atoms with E-state index in [0.29, 0.717) is 18.0 Å². The molecule has 4 heteroatoms. The largest absolute Gasteiger partial charge is 0.384 e. The van der Waals surface area contributed by atoms with Gasteiger partial charge >= 0.3 is 0 Å². The summed E-state index contributed by atoms with van der Waals surface area (Å²) < 4.78 is 0. The van der Waals surface area contributed by atoms with Gasteiger partial charge in [-0.3, -0.25) is 4.79 Å². The number of carbonyl (C=O) groups excluding carboxylic acids is 1. The molecule has 0 radical (unpaired) electrons. The second-order valence-corrected chi connectivity index (χ2v) is 5.44. The number of hydrogen-bond donors (Lipinski definition) is 2. The highest BCUT2D eigenvalue weighted by Gasteiger charge is 2.05. The van der Waals surface area contributed by atoms with Crippen LogP contribution < -0.4 is 10.6 Å². The van der Waals surface area contributed by atoms with E-state index in [1.54, 1.807) is 6.07 Å². The summed E-state index contributed by atoms with van der Waals surface area (Å²) in [6.07, 6.45) is 0.413. The fourth-order valence-electron chi connectivity index (χ4n) is 2.06. The fourth-order valence-corrected chi connectivity index (χ4v) is 2.29. The van der Waals surface area contributed by atoms with Crippen molar-refractivity contribution in [3.05, 3.63) is 58.6 Å². The molecule has 2 aromatic carbocycles. The molecule has 0 heterocycles. The predicted octanol–water partition coefficient (Wildman–Crippen LogP) is 4.40. The average molecular weight is 303 g/mol. The molecule has 0 unspecified atom stereocenters. The molecule has 0 bridgehead atoms. The first kappa shape index (κ1) is 15.4. The molecular formula is C17H19ClN2O. The zero-order valence-corrected chi connectivity index (χ0v) is 13.0. The normalized spacial score (nSPS) is 10.2. The number of aryl methyl sites for hydroxylation is 2. The van der Waals surface area contributed by atoms with Gasteiger partial charge < -0.3 is 10.6 Å². The molecule has 0 aliphatic carbocycles. The molecule has 0 aliphatic rings. The molecule has 2 N–H and O–H groups in total. The number of benzene rings is 2. The van der Waals surface area contributed by atoms with E-state index in [0.717, 1.165) is 16.9 Å². The number of rotatable bonds is 5. The number of carbonyl (C=O) groups is 1. The summed E-state index contributed by atoms with van der Waals surface area (Å²) in [7, 11) is 0. The summed E-state index contributed by atoms with van der Waals surface area (Å²) in [5.74, 6) is -0.0125. The molecule has 0 atom stereocenters. The Morgan fingerprint density at radius 3 is 2.52 bits per heavy atom. The lowest BCUT2D eigenvalue weighted by Gasteiger charge is -2.11. The third-order valence-electron chi connectivity index (χ3n) is 3.28. The molecule has 0 aromatic heterocycles. The van der Waals surface area contributed by atoms with Gasteiger partial charge in [-0.2, -0.15) is 0 Å². The highest BCUT2D eigenvalue weighted by molar-refractivity contribution is 6.30. The Kier molecular flexibility index (Phi) is 5.23. The average Bonchev–Trinajstić information content (AvgIpc) is 2.44. The SMILES string of the molecule is Cc1ccccc1NCCC(=O)Nc1ccc(Cl)cc1C. The Labute approximate surface area is 130 Å². The first-order valence-corrected chi connectivity index (χ1v) is 7.29. The van der Waals surface area contributed by atoms with Gasteiger partial charge in [-0.25, -0.2) is 0 Å². The number of halogens is 1. The summed E-state index contributed by atoms with van der Waals surface area (Å²) >= 11 is 5.90. The van der Waals surface area contributed by atoms with Crippen molar-refractivity contribution in [1.29, 1.82) is 0 Å². The summed E-state index contributed by atoms with van der Waals surface area (Å²) in [5.41, 5.74) is 4.00. The maximum atomic E-state index is 11.9. The van der Waals surface area contributed by atoms with Crippen LogP contribution in [0.2, 0.25) is 5.02 Å². The van der Waals surface area contributed by atoms with Gasteiger partial charge in [0.05, 0.1) is 0 Å². The molecule has 21 heavy (non-hydrogen) atoms. The molecular weight excluding hydrogens is 284 g/mol. The van der Waals surface area contributed by atoms with Crippen LogP contribution in [-0.4, -0.2) is 12.5 Å². The number of para-hydroxylation sites is 1. The van der Waals surface area contributed by atoms with E-state index in [1.165, 1.54) is 5.56 Å². The monoisotopic (exact) mass is 302 g/mol. The van der Waals surface area contributed by atoms with Gasteiger partial charge in [0.1, 0.15) is 0 Å². The summed E-state index contributed by atoms with van der Waals surface area (Å²) in [5, 5.41) is 6.85. The predicted molar refractivity (Wildman–Crippen MR) is 89.1 cm³/mol. The smallest absolute Gasteiger partial charge is 0.226 e. The van der Waals surface area contributed by atoms with Crippen molar-refractivity contribution in [2.24, 2.45) is 0 Å². The van der Waals surface area contributed by atoms with E-state index in [-0.39, 0.29) is 5.91 Å². The first-order chi connectivity index (χ1) is 10.1. The molecule has 0 spiro atoms. The van der Waals surface area contributed by atoms with Crippen LogP contribution in [0.1, 0.15) is 17.5 Å². The molecule has 2 aromatic rings. The summed E-state index contributed by atoms with van der Waals surface area (Å²) in [6, 6.07) is 13.5. The van der Waals surface area contributed by atoms with Gasteiger partial charge in [-0.1, -0.05) is 29.8 Å². The van der Waals surface area contributed by atoms with E-state index < -0.39 is 0 Å². The second-order valence-electron chi connectivity index (χ2n) is 5.00. The molecule has 110 valence electrons. The van der Waals surface area contributed by atoms with Crippen LogP contribution in [0, 0.1) is 13.8 Å². The van der Waals surface area contributed by atoms with Gasteiger partial charge in [0.25, 0.3) is 0 Å². The van der Waals surface area contributed by atoms with E-state index in [9.17, 15) is 4.79 Å². The first-order valence-electron chi connectivity index (χ1n) is 6.92. The van der Waals surface area contributed by atoms with E-state index in [4.69, 9.17) is 11.6 Å². The number of anilines is 2. The minimum absolute atomic E-state index is 0.0125. The number of nitrogens with one attached hydrogen (secondary N) is 2. The maximum absolute atomic E-state index is 11.9. The summed E-state index contributed by atoms with van der Waals surface area (Å²) in [6.45, 7) is 4.57. The Bertz CT molecular complexity index is 640. The second kappa shape index (κ2) is 7.14. The summed E-state index contributed by atoms with van der Waals surface area (Å²) in [4.78, 5) is 11.9. The van der Waals surface area contributed by atoms with Crippen molar-refractivity contribution in [2.45, 2.75) is 20.3 Å². The highest BCUT2D eigenvalue weighted by atomic mass is 35.5. The van der Waals surface area contributed by atoms with Crippen molar-refractivity contribution < 1.29 is 4.79 Å². The molecule has 1 amide bonds. The lowest BCUT2D eigenvalue weighted by molar-refractivity contribution is -0.115. The van der Waals surface area contributed by atoms with E-state index >= 15 is 0 Å². The Balaban J connectivity index is 1.84. The molecule has 0 saturated carbocycles. The Hall–Kier alpha value is -2.00. The van der Waals surface area contributed by atoms with Crippen LogP contribution in [0.4, 0.5) is 11.4 Å². The Morgan fingerprint density at radius 1 is 1.05 bits per heavy atom. The van der Waals surface area contributed by atoms with Gasteiger partial charge in [0.15, 0.2) is 0 Å². The molecule has 2 rings (SSSR count). The van der Waals surface area contributed by atoms with Crippen molar-refractivity contribution in [3.8, 4) is 0 Å². The number of amides is 1. The van der Waals surface area contributed by atoms with Crippen LogP contribution in [0.15, 0.2) is 42.5 Å². The van der Waals surface area contributed by atoms with Crippen LogP contribution in [0.25, 0.3) is 0 Å². The van der Waals surface area contributed by atoms with Gasteiger partial charge in [0, 0.05) is 29.4 Å². The third kappa shape index (κ3) is 4.50. The lowest BCUT2D eigenvalue weighted by Crippen LogP contribution is -2.17. The molecule has 0 saturated heterocycles. The van der Waals surface area contributed by atoms with Crippen molar-refractivity contribution >= 4 is 28.9 Å². The van der Waals surface area contributed by atoms with Crippen molar-refractivity contribution in [3.63, 3.8) is 0 Å². The van der Waals surface area contributed by atoms with Gasteiger partial charge in [-0.15, -0.1) is 0 Å². The third-order valence-corrected chi connectivity index (χ3v) is 3.51. The van der Waals surface area contributed by atoms with Crippen LogP contribution >= 0.6 is 11.6 Å². The zero-order chi connectivity index (χ0) is 15.2. The van der Waals surface area contributed by atoms with Gasteiger partial charge in [-0.05, 0) is 49.2 Å². The van der Waals surface area contributed by atoms with Crippen molar-refractivity contribution in [2.75, 3.05) is 17.2 Å². The minimum Gasteiger partial charge on any atom is -0.384 e. The van der Waals surface area contributed by atoms with Crippen molar-refractivity contribution in [1.82, 2.24) is 0 Å². The molecule has 3 nitrogen and oxygen atoms in total. The van der Waals surface area contributed by atoms with Crippen LogP contribution in [-0.2, 0) is 4.79 Å². The van der Waals surface area contributed by atoms with E-state index in [2.05, 4.69) is 10.6 Å². The zero-order valence-electron chi connectivity index (χ0n) is 12.2. The minimum atomic E-state index is -0.0125. The molecule has 0 aliphatic heterocycles. The van der Waals surface area contributed by atoms with Crippen LogP contribution in [0.5, 0.6) is 0 Å². The Morgan fingerprint density at radius 2 is 1.81 bits per heavy atom.